The fourth-order valence-corrected chi connectivity index (χ4v) is 2.21. The number of fused-ring (bicyclic) bond motifs is 1. The van der Waals surface area contributed by atoms with E-state index < -0.39 is 0 Å². The maximum atomic E-state index is 12.3. The average Bonchev–Trinajstić information content (AvgIpc) is 2.82. The van der Waals surface area contributed by atoms with Crippen molar-refractivity contribution in [2.45, 2.75) is 0 Å². The van der Waals surface area contributed by atoms with Gasteiger partial charge in [0.2, 0.25) is 0 Å². The minimum atomic E-state index is 0.0341. The second-order valence-electron chi connectivity index (χ2n) is 4.70. The molecule has 1 fully saturated rings. The molecule has 94 valence electrons. The number of rotatable bonds is 1. The van der Waals surface area contributed by atoms with Crippen LogP contribution in [0.15, 0.2) is 30.5 Å². The van der Waals surface area contributed by atoms with Crippen LogP contribution >= 0.6 is 0 Å². The lowest BCUT2D eigenvalue weighted by atomic mass is 10.3. The van der Waals surface area contributed by atoms with E-state index in [1.165, 1.54) is 0 Å². The number of hydrogen-bond acceptors (Lipinski definition) is 3. The summed E-state index contributed by atoms with van der Waals surface area (Å²) in [7, 11) is 2.08. The molecule has 0 radical (unpaired) electrons. The number of piperazine rings is 1. The zero-order valence-corrected chi connectivity index (χ0v) is 10.4. The fraction of sp³-hybridized carbons (Fsp3) is 0.385. The number of likely N-dealkylation sites (N-methyl/N-ethyl adjacent to an activating group) is 1. The van der Waals surface area contributed by atoms with Gasteiger partial charge in [-0.1, -0.05) is 6.07 Å². The molecule has 3 rings (SSSR count). The maximum Gasteiger partial charge on any atom is 0.274 e. The van der Waals surface area contributed by atoms with Crippen LogP contribution in [0.4, 0.5) is 0 Å². The van der Waals surface area contributed by atoms with Crippen molar-refractivity contribution in [3.05, 3.63) is 36.2 Å². The van der Waals surface area contributed by atoms with Gasteiger partial charge in [0.25, 0.3) is 5.91 Å². The summed E-state index contributed by atoms with van der Waals surface area (Å²) in [5.41, 5.74) is 1.49. The minimum Gasteiger partial charge on any atom is -0.335 e. The second kappa shape index (κ2) is 4.42. The Morgan fingerprint density at radius 3 is 2.72 bits per heavy atom. The summed E-state index contributed by atoms with van der Waals surface area (Å²) in [6, 6.07) is 7.65. The molecule has 0 spiro atoms. The van der Waals surface area contributed by atoms with Gasteiger partial charge >= 0.3 is 0 Å². The highest BCUT2D eigenvalue weighted by molar-refractivity contribution is 5.93. The topological polar surface area (TPSA) is 40.9 Å². The normalized spacial score (nSPS) is 17.3. The van der Waals surface area contributed by atoms with Gasteiger partial charge in [0.15, 0.2) is 5.69 Å². The Morgan fingerprint density at radius 1 is 1.22 bits per heavy atom. The van der Waals surface area contributed by atoms with Crippen LogP contribution in [-0.4, -0.2) is 58.5 Å². The van der Waals surface area contributed by atoms with Crippen molar-refractivity contribution in [3.8, 4) is 0 Å². The van der Waals surface area contributed by atoms with Crippen LogP contribution in [0, 0.1) is 0 Å². The lowest BCUT2D eigenvalue weighted by Crippen LogP contribution is -2.47. The van der Waals surface area contributed by atoms with Crippen molar-refractivity contribution in [3.63, 3.8) is 0 Å². The highest BCUT2D eigenvalue weighted by Crippen LogP contribution is 2.10. The Bertz CT molecular complexity index is 536. The van der Waals surface area contributed by atoms with Gasteiger partial charge in [-0.3, -0.25) is 4.79 Å². The van der Waals surface area contributed by atoms with E-state index >= 15 is 0 Å². The van der Waals surface area contributed by atoms with Gasteiger partial charge in [0.05, 0.1) is 5.52 Å². The third-order valence-electron chi connectivity index (χ3n) is 3.38. The van der Waals surface area contributed by atoms with Crippen LogP contribution < -0.4 is 0 Å². The van der Waals surface area contributed by atoms with Gasteiger partial charge in [0, 0.05) is 32.4 Å². The summed E-state index contributed by atoms with van der Waals surface area (Å²) in [6.07, 6.45) is 1.86. The Morgan fingerprint density at radius 2 is 2.00 bits per heavy atom. The molecule has 5 heteroatoms. The van der Waals surface area contributed by atoms with E-state index in [0.717, 1.165) is 31.7 Å². The van der Waals surface area contributed by atoms with E-state index in [4.69, 9.17) is 0 Å². The zero-order valence-electron chi connectivity index (χ0n) is 10.4. The molecule has 1 aliphatic heterocycles. The van der Waals surface area contributed by atoms with Crippen LogP contribution in [0.5, 0.6) is 0 Å². The van der Waals surface area contributed by atoms with Crippen molar-refractivity contribution in [2.24, 2.45) is 0 Å². The van der Waals surface area contributed by atoms with Crippen molar-refractivity contribution in [1.29, 1.82) is 0 Å². The molecular formula is C13H16N4O. The molecule has 1 amide bonds. The molecule has 1 saturated heterocycles. The van der Waals surface area contributed by atoms with Gasteiger partial charge in [-0.25, -0.2) is 4.52 Å². The molecule has 0 bridgehead atoms. The molecule has 0 aliphatic carbocycles. The Kier molecular flexibility index (Phi) is 2.76. The number of nitrogens with zero attached hydrogens (tertiary/aromatic N) is 4. The lowest BCUT2D eigenvalue weighted by Gasteiger charge is -2.31. The summed E-state index contributed by atoms with van der Waals surface area (Å²) < 4.78 is 1.74. The van der Waals surface area contributed by atoms with Gasteiger partial charge in [-0.05, 0) is 25.2 Å². The first kappa shape index (κ1) is 11.2. The number of carbonyl (C=O) groups excluding carboxylic acids is 1. The first-order chi connectivity index (χ1) is 8.74. The zero-order chi connectivity index (χ0) is 12.5. The van der Waals surface area contributed by atoms with E-state index in [-0.39, 0.29) is 5.91 Å². The van der Waals surface area contributed by atoms with E-state index in [2.05, 4.69) is 17.0 Å². The molecule has 2 aromatic rings. The quantitative estimate of drug-likeness (QED) is 0.742. The van der Waals surface area contributed by atoms with E-state index in [1.807, 2.05) is 35.4 Å². The van der Waals surface area contributed by atoms with Crippen LogP contribution in [0.3, 0.4) is 0 Å². The lowest BCUT2D eigenvalue weighted by molar-refractivity contribution is 0.0658. The number of hydrogen-bond donors (Lipinski definition) is 0. The van der Waals surface area contributed by atoms with Crippen LogP contribution in [0.25, 0.3) is 5.52 Å². The molecule has 1 aliphatic rings. The van der Waals surface area contributed by atoms with Crippen molar-refractivity contribution >= 4 is 11.4 Å². The van der Waals surface area contributed by atoms with Gasteiger partial charge in [-0.15, -0.1) is 0 Å². The number of amides is 1. The van der Waals surface area contributed by atoms with Crippen molar-refractivity contribution in [2.75, 3.05) is 33.2 Å². The van der Waals surface area contributed by atoms with Gasteiger partial charge < -0.3 is 9.80 Å². The molecular weight excluding hydrogens is 228 g/mol. The largest absolute Gasteiger partial charge is 0.335 e. The van der Waals surface area contributed by atoms with Crippen molar-refractivity contribution in [1.82, 2.24) is 19.4 Å². The van der Waals surface area contributed by atoms with Gasteiger partial charge in [0.1, 0.15) is 0 Å². The predicted molar refractivity (Wildman–Crippen MR) is 68.6 cm³/mol. The predicted octanol–water partition coefficient (Wildman–Crippen LogP) is 0.722. The highest BCUT2D eigenvalue weighted by atomic mass is 16.2. The molecule has 0 atom stereocenters. The van der Waals surface area contributed by atoms with Crippen molar-refractivity contribution < 1.29 is 4.79 Å². The average molecular weight is 244 g/mol. The Labute approximate surface area is 106 Å². The third-order valence-corrected chi connectivity index (χ3v) is 3.38. The maximum absolute atomic E-state index is 12.3. The molecule has 0 saturated carbocycles. The van der Waals surface area contributed by atoms with E-state index in [0.29, 0.717) is 5.69 Å². The number of pyridine rings is 1. The Hall–Kier alpha value is -1.88. The SMILES string of the molecule is CN1CCN(C(=O)c2cc3ccccn3n2)CC1. The summed E-state index contributed by atoms with van der Waals surface area (Å²) >= 11 is 0. The molecule has 18 heavy (non-hydrogen) atoms. The highest BCUT2D eigenvalue weighted by Gasteiger charge is 2.22. The molecule has 0 N–H and O–H groups in total. The molecule has 0 aromatic carbocycles. The first-order valence-electron chi connectivity index (χ1n) is 6.16. The Balaban J connectivity index is 1.83. The fourth-order valence-electron chi connectivity index (χ4n) is 2.21. The number of aromatic nitrogens is 2. The van der Waals surface area contributed by atoms with Crippen LogP contribution in [-0.2, 0) is 0 Å². The second-order valence-corrected chi connectivity index (χ2v) is 4.70. The van der Waals surface area contributed by atoms with Gasteiger partial charge in [-0.2, -0.15) is 5.10 Å². The monoisotopic (exact) mass is 244 g/mol. The standard InChI is InChI=1S/C13H16N4O/c1-15-6-8-16(9-7-15)13(18)12-10-11-4-2-3-5-17(11)14-12/h2-5,10H,6-9H2,1H3. The molecule has 0 unspecified atom stereocenters. The third kappa shape index (κ3) is 1.97. The molecule has 3 heterocycles. The smallest absolute Gasteiger partial charge is 0.274 e. The first-order valence-corrected chi connectivity index (χ1v) is 6.16. The van der Waals surface area contributed by atoms with E-state index in [9.17, 15) is 4.79 Å². The molecule has 5 nitrogen and oxygen atoms in total. The summed E-state index contributed by atoms with van der Waals surface area (Å²) in [4.78, 5) is 16.4. The van der Waals surface area contributed by atoms with Crippen LogP contribution in [0.2, 0.25) is 0 Å². The minimum absolute atomic E-state index is 0.0341. The summed E-state index contributed by atoms with van der Waals surface area (Å²) in [5, 5.41) is 4.32. The van der Waals surface area contributed by atoms with Crippen LogP contribution in [0.1, 0.15) is 10.5 Å². The summed E-state index contributed by atoms with van der Waals surface area (Å²) in [5.74, 6) is 0.0341. The number of carbonyl (C=O) groups is 1. The summed E-state index contributed by atoms with van der Waals surface area (Å²) in [6.45, 7) is 3.42. The van der Waals surface area contributed by atoms with E-state index in [1.54, 1.807) is 4.52 Å². The molecule has 2 aromatic heterocycles.